The zero-order valence-electron chi connectivity index (χ0n) is 9.98. The van der Waals surface area contributed by atoms with E-state index in [-0.39, 0.29) is 11.3 Å². The third-order valence-electron chi connectivity index (χ3n) is 2.32. The molecule has 0 aliphatic heterocycles. The average Bonchev–Trinajstić information content (AvgIpc) is 2.36. The quantitative estimate of drug-likeness (QED) is 0.346. The first-order chi connectivity index (χ1) is 8.15. The van der Waals surface area contributed by atoms with Gasteiger partial charge in [-0.3, -0.25) is 0 Å². The van der Waals surface area contributed by atoms with Gasteiger partial charge in [0.05, 0.1) is 14.2 Å². The van der Waals surface area contributed by atoms with Gasteiger partial charge in [-0.05, 0) is 12.5 Å². The molecule has 0 saturated heterocycles. The Kier molecular flexibility index (Phi) is 4.29. The summed E-state index contributed by atoms with van der Waals surface area (Å²) in [6.45, 7) is 1.88. The van der Waals surface area contributed by atoms with Gasteiger partial charge in [0.25, 0.3) is 0 Å². The van der Waals surface area contributed by atoms with Crippen molar-refractivity contribution in [3.8, 4) is 6.07 Å². The van der Waals surface area contributed by atoms with Crippen molar-refractivity contribution < 1.29 is 14.3 Å². The summed E-state index contributed by atoms with van der Waals surface area (Å²) in [6, 6.07) is 9.16. The van der Waals surface area contributed by atoms with Crippen LogP contribution in [0.3, 0.4) is 0 Å². The fourth-order valence-corrected chi connectivity index (χ4v) is 1.47. The number of rotatable bonds is 3. The fourth-order valence-electron chi connectivity index (χ4n) is 1.47. The minimum Gasteiger partial charge on any atom is -0.494 e. The standard InChI is InChI=1S/C13H13NO3/c1-9-6-4-5-7-10(9)12(16-2)11(8-14)13(15)17-3/h4-7H,1-3H3/b12-11-. The second-order valence-electron chi connectivity index (χ2n) is 3.33. The number of carbonyl (C=O) groups excluding carboxylic acids is 1. The fraction of sp³-hybridized carbons (Fsp3) is 0.231. The highest BCUT2D eigenvalue weighted by atomic mass is 16.5. The zero-order valence-corrected chi connectivity index (χ0v) is 9.98. The summed E-state index contributed by atoms with van der Waals surface area (Å²) in [7, 11) is 2.65. The Morgan fingerprint density at radius 2 is 1.88 bits per heavy atom. The van der Waals surface area contributed by atoms with Gasteiger partial charge in [0.2, 0.25) is 0 Å². The van der Waals surface area contributed by atoms with Gasteiger partial charge in [-0.15, -0.1) is 0 Å². The second kappa shape index (κ2) is 5.71. The molecule has 1 aromatic carbocycles. The van der Waals surface area contributed by atoms with E-state index in [1.54, 1.807) is 6.07 Å². The maximum Gasteiger partial charge on any atom is 0.352 e. The Bertz CT molecular complexity index is 498. The molecule has 4 nitrogen and oxygen atoms in total. The Hall–Kier alpha value is -2.28. The highest BCUT2D eigenvalue weighted by molar-refractivity contribution is 6.00. The van der Waals surface area contributed by atoms with Crippen LogP contribution in [0.25, 0.3) is 5.76 Å². The van der Waals surface area contributed by atoms with E-state index in [1.165, 1.54) is 14.2 Å². The Labute approximate surface area is 100 Å². The van der Waals surface area contributed by atoms with E-state index in [9.17, 15) is 4.79 Å². The third-order valence-corrected chi connectivity index (χ3v) is 2.32. The molecule has 4 heteroatoms. The van der Waals surface area contributed by atoms with Crippen molar-refractivity contribution >= 4 is 11.7 Å². The van der Waals surface area contributed by atoms with Gasteiger partial charge in [0.15, 0.2) is 11.3 Å². The monoisotopic (exact) mass is 231 g/mol. The van der Waals surface area contributed by atoms with Gasteiger partial charge in [-0.1, -0.05) is 24.3 Å². The summed E-state index contributed by atoms with van der Waals surface area (Å²) >= 11 is 0. The largest absolute Gasteiger partial charge is 0.494 e. The molecule has 0 unspecified atom stereocenters. The Balaban J connectivity index is 3.42. The number of hydrogen-bond donors (Lipinski definition) is 0. The minimum absolute atomic E-state index is 0.135. The number of methoxy groups -OCH3 is 2. The van der Waals surface area contributed by atoms with Crippen molar-refractivity contribution in [3.63, 3.8) is 0 Å². The molecular formula is C13H13NO3. The molecule has 0 aromatic heterocycles. The SMILES string of the molecule is COC(=O)/C(C#N)=C(\OC)c1ccccc1C. The van der Waals surface area contributed by atoms with E-state index < -0.39 is 5.97 Å². The number of nitriles is 1. The number of hydrogen-bond acceptors (Lipinski definition) is 4. The van der Waals surface area contributed by atoms with Crippen molar-refractivity contribution in [3.05, 3.63) is 41.0 Å². The Morgan fingerprint density at radius 3 is 2.35 bits per heavy atom. The van der Waals surface area contributed by atoms with Gasteiger partial charge >= 0.3 is 5.97 Å². The molecule has 0 saturated carbocycles. The molecule has 0 bridgehead atoms. The van der Waals surface area contributed by atoms with Crippen molar-refractivity contribution in [2.24, 2.45) is 0 Å². The first-order valence-electron chi connectivity index (χ1n) is 4.98. The average molecular weight is 231 g/mol. The van der Waals surface area contributed by atoms with E-state index in [2.05, 4.69) is 4.74 Å². The van der Waals surface area contributed by atoms with Gasteiger partial charge in [0, 0.05) is 5.56 Å². The summed E-state index contributed by atoms with van der Waals surface area (Å²) in [5, 5.41) is 8.99. The van der Waals surface area contributed by atoms with Crippen LogP contribution in [-0.4, -0.2) is 20.2 Å². The smallest absolute Gasteiger partial charge is 0.352 e. The number of ether oxygens (including phenoxy) is 2. The molecule has 88 valence electrons. The van der Waals surface area contributed by atoms with Crippen LogP contribution in [0.1, 0.15) is 11.1 Å². The molecule has 0 amide bonds. The van der Waals surface area contributed by atoms with Crippen molar-refractivity contribution in [2.45, 2.75) is 6.92 Å². The van der Waals surface area contributed by atoms with E-state index in [0.29, 0.717) is 5.56 Å². The molecule has 0 atom stereocenters. The molecule has 0 aliphatic rings. The van der Waals surface area contributed by atoms with Crippen LogP contribution in [0.5, 0.6) is 0 Å². The molecule has 0 N–H and O–H groups in total. The lowest BCUT2D eigenvalue weighted by atomic mass is 10.0. The molecular weight excluding hydrogens is 218 g/mol. The van der Waals surface area contributed by atoms with Crippen molar-refractivity contribution in [2.75, 3.05) is 14.2 Å². The first-order valence-corrected chi connectivity index (χ1v) is 4.98. The third kappa shape index (κ3) is 2.64. The number of benzene rings is 1. The molecule has 1 rings (SSSR count). The van der Waals surface area contributed by atoms with Gasteiger partial charge in [-0.2, -0.15) is 5.26 Å². The summed E-state index contributed by atoms with van der Waals surface area (Å²) < 4.78 is 9.70. The maximum atomic E-state index is 11.4. The highest BCUT2D eigenvalue weighted by Crippen LogP contribution is 2.23. The molecule has 0 aliphatic carbocycles. The van der Waals surface area contributed by atoms with E-state index >= 15 is 0 Å². The summed E-state index contributed by atoms with van der Waals surface area (Å²) in [5.74, 6) is -0.468. The molecule has 0 radical (unpaired) electrons. The first kappa shape index (κ1) is 12.8. The molecule has 1 aromatic rings. The normalized spacial score (nSPS) is 11.2. The predicted octanol–water partition coefficient (Wildman–Crippen LogP) is 2.05. The van der Waals surface area contributed by atoms with Gasteiger partial charge in [-0.25, -0.2) is 4.79 Å². The number of esters is 1. The number of carbonyl (C=O) groups is 1. The van der Waals surface area contributed by atoms with Crippen LogP contribution < -0.4 is 0 Å². The van der Waals surface area contributed by atoms with E-state index in [4.69, 9.17) is 10.00 Å². The molecule has 0 spiro atoms. The summed E-state index contributed by atoms with van der Waals surface area (Å²) in [5.41, 5.74) is 1.49. The van der Waals surface area contributed by atoms with Crippen molar-refractivity contribution in [1.29, 1.82) is 5.26 Å². The number of aryl methyl sites for hydroxylation is 1. The topological polar surface area (TPSA) is 59.3 Å². The minimum atomic E-state index is -0.701. The van der Waals surface area contributed by atoms with Crippen LogP contribution in [0, 0.1) is 18.3 Å². The maximum absolute atomic E-state index is 11.4. The zero-order chi connectivity index (χ0) is 12.8. The predicted molar refractivity (Wildman–Crippen MR) is 62.7 cm³/mol. The van der Waals surface area contributed by atoms with Crippen LogP contribution in [0.2, 0.25) is 0 Å². The van der Waals surface area contributed by atoms with Gasteiger partial charge < -0.3 is 9.47 Å². The van der Waals surface area contributed by atoms with Crippen LogP contribution in [-0.2, 0) is 14.3 Å². The van der Waals surface area contributed by atoms with Crippen molar-refractivity contribution in [1.82, 2.24) is 0 Å². The lowest BCUT2D eigenvalue weighted by Gasteiger charge is -2.10. The van der Waals surface area contributed by atoms with Crippen LogP contribution >= 0.6 is 0 Å². The Morgan fingerprint density at radius 1 is 1.24 bits per heavy atom. The summed E-state index contributed by atoms with van der Waals surface area (Å²) in [6.07, 6.45) is 0. The van der Waals surface area contributed by atoms with Crippen LogP contribution in [0.4, 0.5) is 0 Å². The summed E-state index contributed by atoms with van der Waals surface area (Å²) in [4.78, 5) is 11.4. The van der Waals surface area contributed by atoms with Crippen LogP contribution in [0.15, 0.2) is 29.8 Å². The molecule has 17 heavy (non-hydrogen) atoms. The molecule has 0 fully saturated rings. The van der Waals surface area contributed by atoms with Gasteiger partial charge in [0.1, 0.15) is 6.07 Å². The molecule has 0 heterocycles. The second-order valence-corrected chi connectivity index (χ2v) is 3.33. The number of nitrogens with zero attached hydrogens (tertiary/aromatic N) is 1. The highest BCUT2D eigenvalue weighted by Gasteiger charge is 2.19. The lowest BCUT2D eigenvalue weighted by molar-refractivity contribution is -0.135. The van der Waals surface area contributed by atoms with E-state index in [0.717, 1.165) is 5.56 Å². The van der Waals surface area contributed by atoms with E-state index in [1.807, 2.05) is 31.2 Å². The lowest BCUT2D eigenvalue weighted by Crippen LogP contribution is -2.07.